The zero-order chi connectivity index (χ0) is 22.1. The monoisotopic (exact) mass is 429 g/mol. The van der Waals surface area contributed by atoms with Gasteiger partial charge in [-0.1, -0.05) is 18.2 Å². The molecule has 0 unspecified atom stereocenters. The van der Waals surface area contributed by atoms with Crippen molar-refractivity contribution in [1.82, 2.24) is 14.3 Å². The van der Waals surface area contributed by atoms with E-state index < -0.39 is 23.8 Å². The molecule has 0 saturated carbocycles. The first kappa shape index (κ1) is 21.3. The third kappa shape index (κ3) is 4.40. The third-order valence-electron chi connectivity index (χ3n) is 5.78. The number of nitrogens with zero attached hydrogens (tertiary/aromatic N) is 3. The van der Waals surface area contributed by atoms with E-state index in [4.69, 9.17) is 4.74 Å². The predicted octanol–water partition coefficient (Wildman–Crippen LogP) is 2.78. The normalized spacial score (nSPS) is 19.5. The van der Waals surface area contributed by atoms with E-state index in [0.29, 0.717) is 31.6 Å². The van der Waals surface area contributed by atoms with Crippen LogP contribution in [-0.4, -0.2) is 44.7 Å². The SMILES string of the molecule is Cc1c(CN2CC[C@@H](Oc3cc(F)cc(F)c3)[C@H](O)C2)c(=O)n(-c2ccccc2)n1C. The number of hydrogen-bond donors (Lipinski definition) is 1. The van der Waals surface area contributed by atoms with Crippen LogP contribution in [0, 0.1) is 18.6 Å². The third-order valence-corrected chi connectivity index (χ3v) is 5.78. The zero-order valence-electron chi connectivity index (χ0n) is 17.5. The van der Waals surface area contributed by atoms with Gasteiger partial charge in [-0.25, -0.2) is 13.5 Å². The number of ether oxygens (including phenoxy) is 1. The molecule has 1 saturated heterocycles. The number of benzene rings is 2. The summed E-state index contributed by atoms with van der Waals surface area (Å²) >= 11 is 0. The van der Waals surface area contributed by atoms with Gasteiger partial charge < -0.3 is 9.84 Å². The molecule has 164 valence electrons. The van der Waals surface area contributed by atoms with E-state index in [1.807, 2.05) is 53.9 Å². The smallest absolute Gasteiger partial charge is 0.276 e. The summed E-state index contributed by atoms with van der Waals surface area (Å²) in [5.41, 5.74) is 2.23. The summed E-state index contributed by atoms with van der Waals surface area (Å²) in [4.78, 5) is 15.1. The van der Waals surface area contributed by atoms with Gasteiger partial charge in [-0.15, -0.1) is 0 Å². The average molecular weight is 429 g/mol. The number of likely N-dealkylation sites (tertiary alicyclic amines) is 1. The predicted molar refractivity (Wildman–Crippen MR) is 112 cm³/mol. The minimum absolute atomic E-state index is 0.0552. The molecule has 1 aliphatic rings. The number of β-amino-alcohol motifs (C(OH)–C–C–N with tert-alkyl or cyclic N) is 1. The summed E-state index contributed by atoms with van der Waals surface area (Å²) in [6.07, 6.45) is -0.950. The first-order valence-electron chi connectivity index (χ1n) is 10.2. The highest BCUT2D eigenvalue weighted by Gasteiger charge is 2.31. The molecule has 0 amide bonds. The van der Waals surface area contributed by atoms with Gasteiger partial charge in [-0.2, -0.15) is 0 Å². The Kier molecular flexibility index (Phi) is 5.93. The molecule has 4 rings (SSSR count). The maximum atomic E-state index is 13.4. The van der Waals surface area contributed by atoms with E-state index in [0.717, 1.165) is 29.6 Å². The van der Waals surface area contributed by atoms with Crippen molar-refractivity contribution in [3.63, 3.8) is 0 Å². The van der Waals surface area contributed by atoms with Crippen LogP contribution < -0.4 is 10.3 Å². The van der Waals surface area contributed by atoms with E-state index >= 15 is 0 Å². The number of aliphatic hydroxyl groups excluding tert-OH is 1. The largest absolute Gasteiger partial charge is 0.487 e. The Bertz CT molecular complexity index is 1110. The maximum absolute atomic E-state index is 13.4. The Morgan fingerprint density at radius 3 is 2.45 bits per heavy atom. The van der Waals surface area contributed by atoms with Crippen molar-refractivity contribution in [2.75, 3.05) is 13.1 Å². The van der Waals surface area contributed by atoms with Gasteiger partial charge in [0.1, 0.15) is 29.6 Å². The zero-order valence-corrected chi connectivity index (χ0v) is 17.5. The van der Waals surface area contributed by atoms with E-state index in [1.165, 1.54) is 0 Å². The van der Waals surface area contributed by atoms with E-state index in [-0.39, 0.29) is 11.3 Å². The van der Waals surface area contributed by atoms with Gasteiger partial charge in [0.15, 0.2) is 0 Å². The molecule has 31 heavy (non-hydrogen) atoms. The Balaban J connectivity index is 1.47. The van der Waals surface area contributed by atoms with Crippen LogP contribution in [0.1, 0.15) is 17.7 Å². The second kappa shape index (κ2) is 8.64. The van der Waals surface area contributed by atoms with Crippen molar-refractivity contribution in [2.24, 2.45) is 7.05 Å². The summed E-state index contributed by atoms with van der Waals surface area (Å²) in [5, 5.41) is 10.6. The van der Waals surface area contributed by atoms with Crippen LogP contribution in [0.15, 0.2) is 53.3 Å². The number of para-hydroxylation sites is 1. The fraction of sp³-hybridized carbons (Fsp3) is 0.348. The molecule has 1 aliphatic heterocycles. The summed E-state index contributed by atoms with van der Waals surface area (Å²) in [6, 6.07) is 12.4. The van der Waals surface area contributed by atoms with Crippen LogP contribution in [0.3, 0.4) is 0 Å². The lowest BCUT2D eigenvalue weighted by Crippen LogP contribution is -2.49. The van der Waals surface area contributed by atoms with Gasteiger partial charge in [0.05, 0.1) is 11.3 Å². The van der Waals surface area contributed by atoms with E-state index in [1.54, 1.807) is 4.68 Å². The van der Waals surface area contributed by atoms with Crippen molar-refractivity contribution in [3.8, 4) is 11.4 Å². The molecular weight excluding hydrogens is 404 g/mol. The summed E-state index contributed by atoms with van der Waals surface area (Å²) in [5.74, 6) is -1.40. The van der Waals surface area contributed by atoms with Crippen LogP contribution in [-0.2, 0) is 13.6 Å². The molecular formula is C23H25F2N3O3. The summed E-state index contributed by atoms with van der Waals surface area (Å²) in [7, 11) is 1.85. The Labute approximate surface area is 178 Å². The van der Waals surface area contributed by atoms with Gasteiger partial charge in [0, 0.05) is 50.6 Å². The van der Waals surface area contributed by atoms with Gasteiger partial charge in [0.25, 0.3) is 5.56 Å². The average Bonchev–Trinajstić information content (AvgIpc) is 2.93. The number of piperidine rings is 1. The Morgan fingerprint density at radius 2 is 1.81 bits per heavy atom. The molecule has 6 nitrogen and oxygen atoms in total. The van der Waals surface area contributed by atoms with Gasteiger partial charge >= 0.3 is 0 Å². The van der Waals surface area contributed by atoms with E-state index in [9.17, 15) is 18.7 Å². The van der Waals surface area contributed by atoms with E-state index in [2.05, 4.69) is 0 Å². The number of aliphatic hydroxyl groups is 1. The second-order valence-electron chi connectivity index (χ2n) is 7.89. The quantitative estimate of drug-likeness (QED) is 0.678. The molecule has 2 aromatic carbocycles. The molecule has 0 spiro atoms. The van der Waals surface area contributed by atoms with Gasteiger partial charge in [0.2, 0.25) is 0 Å². The maximum Gasteiger partial charge on any atom is 0.276 e. The molecule has 1 fully saturated rings. The van der Waals surface area contributed by atoms with Crippen molar-refractivity contribution in [3.05, 3.63) is 81.8 Å². The standard InChI is InChI=1S/C23H25F2N3O3/c1-15-20(23(30)28(26(15)2)18-6-4-3-5-7-18)13-27-9-8-22(21(29)14-27)31-19-11-16(24)10-17(25)12-19/h3-7,10-12,21-22,29H,8-9,13-14H2,1-2H3/t21-,22-/m1/s1. The van der Waals surface area contributed by atoms with Crippen LogP contribution in [0.2, 0.25) is 0 Å². The van der Waals surface area contributed by atoms with Crippen LogP contribution >= 0.6 is 0 Å². The fourth-order valence-corrected chi connectivity index (χ4v) is 4.06. The Morgan fingerprint density at radius 1 is 1.13 bits per heavy atom. The summed E-state index contributed by atoms with van der Waals surface area (Å²) < 4.78 is 35.9. The van der Waals surface area contributed by atoms with Crippen molar-refractivity contribution >= 4 is 0 Å². The molecule has 3 aromatic rings. The lowest BCUT2D eigenvalue weighted by molar-refractivity contribution is -0.0278. The van der Waals surface area contributed by atoms with Crippen LogP contribution in [0.5, 0.6) is 5.75 Å². The van der Waals surface area contributed by atoms with Crippen LogP contribution in [0.25, 0.3) is 5.69 Å². The number of rotatable bonds is 5. The van der Waals surface area contributed by atoms with Crippen molar-refractivity contribution in [2.45, 2.75) is 32.1 Å². The molecule has 0 radical (unpaired) electrons. The number of hydrogen-bond acceptors (Lipinski definition) is 4. The topological polar surface area (TPSA) is 59.6 Å². The highest BCUT2D eigenvalue weighted by molar-refractivity contribution is 5.33. The molecule has 1 aromatic heterocycles. The minimum atomic E-state index is -0.847. The van der Waals surface area contributed by atoms with Crippen molar-refractivity contribution < 1.29 is 18.6 Å². The van der Waals surface area contributed by atoms with Crippen LogP contribution in [0.4, 0.5) is 8.78 Å². The molecule has 2 atom stereocenters. The van der Waals surface area contributed by atoms with Gasteiger partial charge in [-0.3, -0.25) is 14.4 Å². The number of halogens is 2. The fourth-order valence-electron chi connectivity index (χ4n) is 4.06. The minimum Gasteiger partial charge on any atom is -0.487 e. The molecule has 8 heteroatoms. The molecule has 0 bridgehead atoms. The highest BCUT2D eigenvalue weighted by Crippen LogP contribution is 2.23. The number of aromatic nitrogens is 2. The first-order chi connectivity index (χ1) is 14.8. The second-order valence-corrected chi connectivity index (χ2v) is 7.89. The molecule has 2 heterocycles. The molecule has 0 aliphatic carbocycles. The first-order valence-corrected chi connectivity index (χ1v) is 10.2. The lowest BCUT2D eigenvalue weighted by atomic mass is 10.0. The Hall–Kier alpha value is -2.97. The molecule has 1 N–H and O–H groups in total. The highest BCUT2D eigenvalue weighted by atomic mass is 19.1. The summed E-state index contributed by atoms with van der Waals surface area (Å²) in [6.45, 7) is 3.18. The lowest BCUT2D eigenvalue weighted by Gasteiger charge is -2.35. The van der Waals surface area contributed by atoms with Crippen molar-refractivity contribution in [1.29, 1.82) is 0 Å². The van der Waals surface area contributed by atoms with Gasteiger partial charge in [-0.05, 0) is 25.5 Å².